The zero-order valence-corrected chi connectivity index (χ0v) is 13.2. The van der Waals surface area contributed by atoms with E-state index in [1.165, 1.54) is 6.08 Å². The molecule has 0 fully saturated rings. The van der Waals surface area contributed by atoms with E-state index in [0.717, 1.165) is 16.2 Å². The highest BCUT2D eigenvalue weighted by Crippen LogP contribution is 2.25. The van der Waals surface area contributed by atoms with E-state index in [9.17, 15) is 10.1 Å². The molecule has 0 amide bonds. The van der Waals surface area contributed by atoms with Gasteiger partial charge in [-0.3, -0.25) is 10.1 Å². The van der Waals surface area contributed by atoms with Crippen molar-refractivity contribution in [3.05, 3.63) is 79.4 Å². The summed E-state index contributed by atoms with van der Waals surface area (Å²) in [5.41, 5.74) is 1.60. The van der Waals surface area contributed by atoms with Crippen molar-refractivity contribution in [2.45, 2.75) is 6.61 Å². The number of rotatable bonds is 5. The van der Waals surface area contributed by atoms with E-state index in [2.05, 4.69) is 15.9 Å². The van der Waals surface area contributed by atoms with Crippen molar-refractivity contribution in [2.75, 3.05) is 0 Å². The summed E-state index contributed by atoms with van der Waals surface area (Å²) in [5, 5.41) is 11.1. The maximum atomic E-state index is 10.4. The molecule has 6 heteroatoms. The summed E-state index contributed by atoms with van der Waals surface area (Å²) in [6.07, 6.45) is 2.29. The Kier molecular flexibility index (Phi) is 5.36. The van der Waals surface area contributed by atoms with E-state index in [1.807, 2.05) is 18.2 Å². The van der Waals surface area contributed by atoms with E-state index in [1.54, 1.807) is 24.3 Å². The van der Waals surface area contributed by atoms with Gasteiger partial charge in [-0.2, -0.15) is 0 Å². The van der Waals surface area contributed by atoms with Crippen molar-refractivity contribution in [3.63, 3.8) is 0 Å². The number of halogens is 2. The van der Waals surface area contributed by atoms with Crippen LogP contribution in [0.4, 0.5) is 0 Å². The van der Waals surface area contributed by atoms with Gasteiger partial charge in [-0.05, 0) is 35.9 Å². The van der Waals surface area contributed by atoms with Gasteiger partial charge in [0.2, 0.25) is 6.20 Å². The molecule has 0 unspecified atom stereocenters. The Balaban J connectivity index is 2.15. The summed E-state index contributed by atoms with van der Waals surface area (Å²) < 4.78 is 6.54. The molecule has 2 aromatic carbocycles. The van der Waals surface area contributed by atoms with Gasteiger partial charge in [-0.25, -0.2) is 0 Å². The molecule has 21 heavy (non-hydrogen) atoms. The quantitative estimate of drug-likeness (QED) is 0.555. The zero-order valence-electron chi connectivity index (χ0n) is 10.8. The molecule has 0 bridgehead atoms. The van der Waals surface area contributed by atoms with Crippen LogP contribution >= 0.6 is 27.5 Å². The number of ether oxygens (including phenoxy) is 1. The van der Waals surface area contributed by atoms with Gasteiger partial charge in [0.15, 0.2) is 0 Å². The second-order valence-corrected chi connectivity index (χ2v) is 5.55. The third kappa shape index (κ3) is 4.88. The van der Waals surface area contributed by atoms with Crippen LogP contribution in [-0.2, 0) is 6.61 Å². The minimum absolute atomic E-state index is 0.359. The molecule has 0 saturated heterocycles. The van der Waals surface area contributed by atoms with Crippen LogP contribution in [0.2, 0.25) is 5.02 Å². The van der Waals surface area contributed by atoms with Gasteiger partial charge in [0.25, 0.3) is 0 Å². The lowest BCUT2D eigenvalue weighted by Gasteiger charge is -2.09. The first-order chi connectivity index (χ1) is 10.0. The third-order valence-corrected chi connectivity index (χ3v) is 3.40. The number of nitrogens with zero attached hydrogens (tertiary/aromatic N) is 1. The monoisotopic (exact) mass is 367 g/mol. The first kappa shape index (κ1) is 15.5. The summed E-state index contributed by atoms with van der Waals surface area (Å²) in [4.78, 5) is 9.92. The van der Waals surface area contributed by atoms with Crippen molar-refractivity contribution >= 4 is 33.6 Å². The van der Waals surface area contributed by atoms with Crippen molar-refractivity contribution < 1.29 is 9.66 Å². The van der Waals surface area contributed by atoms with Crippen molar-refractivity contribution in [2.24, 2.45) is 0 Å². The molecular formula is C15H11BrClNO3. The van der Waals surface area contributed by atoms with Gasteiger partial charge in [-0.1, -0.05) is 39.7 Å². The Bertz CT molecular complexity index is 671. The van der Waals surface area contributed by atoms with Crippen LogP contribution < -0.4 is 4.74 Å². The molecule has 108 valence electrons. The minimum Gasteiger partial charge on any atom is -0.488 e. The van der Waals surface area contributed by atoms with Crippen LogP contribution in [-0.4, -0.2) is 4.92 Å². The lowest BCUT2D eigenvalue weighted by Crippen LogP contribution is -1.97. The molecule has 0 aliphatic heterocycles. The van der Waals surface area contributed by atoms with Gasteiger partial charge in [0, 0.05) is 21.1 Å². The van der Waals surface area contributed by atoms with Crippen LogP contribution in [0.15, 0.2) is 53.1 Å². The van der Waals surface area contributed by atoms with Crippen molar-refractivity contribution in [1.82, 2.24) is 0 Å². The average Bonchev–Trinajstić information content (AvgIpc) is 2.45. The Hall–Kier alpha value is -1.85. The molecule has 0 N–H and O–H groups in total. The summed E-state index contributed by atoms with van der Waals surface area (Å²) in [5.74, 6) is 0.575. The fourth-order valence-corrected chi connectivity index (χ4v) is 2.17. The summed E-state index contributed by atoms with van der Waals surface area (Å²) >= 11 is 9.16. The highest BCUT2D eigenvalue weighted by atomic mass is 79.9. The first-order valence-electron chi connectivity index (χ1n) is 6.03. The van der Waals surface area contributed by atoms with Crippen LogP contribution in [0.1, 0.15) is 11.1 Å². The van der Waals surface area contributed by atoms with Crippen LogP contribution in [0.25, 0.3) is 6.08 Å². The average molecular weight is 369 g/mol. The van der Waals surface area contributed by atoms with E-state index < -0.39 is 4.92 Å². The van der Waals surface area contributed by atoms with E-state index in [0.29, 0.717) is 22.9 Å². The molecule has 4 nitrogen and oxygen atoms in total. The molecule has 0 saturated carbocycles. The molecule has 0 aromatic heterocycles. The second-order valence-electron chi connectivity index (χ2n) is 4.20. The lowest BCUT2D eigenvalue weighted by atomic mass is 10.2. The van der Waals surface area contributed by atoms with Gasteiger partial charge >= 0.3 is 0 Å². The zero-order chi connectivity index (χ0) is 15.2. The Labute approximate surface area is 135 Å². The minimum atomic E-state index is -0.510. The Morgan fingerprint density at radius 2 is 1.95 bits per heavy atom. The summed E-state index contributed by atoms with van der Waals surface area (Å²) in [6.45, 7) is 0.359. The number of hydrogen-bond acceptors (Lipinski definition) is 3. The molecule has 0 heterocycles. The number of benzene rings is 2. The van der Waals surface area contributed by atoms with Gasteiger partial charge < -0.3 is 4.74 Å². The highest BCUT2D eigenvalue weighted by molar-refractivity contribution is 9.10. The third-order valence-electron chi connectivity index (χ3n) is 2.66. The molecule has 0 spiro atoms. The molecule has 2 aromatic rings. The van der Waals surface area contributed by atoms with E-state index in [-0.39, 0.29) is 0 Å². The first-order valence-corrected chi connectivity index (χ1v) is 7.20. The fourth-order valence-electron chi connectivity index (χ4n) is 1.66. The standard InChI is InChI=1S/C15H11BrClNO3/c16-13-3-6-15(12(9-13)7-8-18(19)20)21-10-11-1-4-14(17)5-2-11/h1-9H,10H2/b8-7+. The highest BCUT2D eigenvalue weighted by Gasteiger charge is 2.04. The second kappa shape index (κ2) is 7.24. The van der Waals surface area contributed by atoms with Crippen LogP contribution in [0.3, 0.4) is 0 Å². The van der Waals surface area contributed by atoms with Crippen LogP contribution in [0.5, 0.6) is 5.75 Å². The predicted octanol–water partition coefficient (Wildman–Crippen LogP) is 4.93. The van der Waals surface area contributed by atoms with E-state index in [4.69, 9.17) is 16.3 Å². The van der Waals surface area contributed by atoms with Gasteiger partial charge in [0.05, 0.1) is 4.92 Å². The smallest absolute Gasteiger partial charge is 0.235 e. The maximum Gasteiger partial charge on any atom is 0.235 e. The van der Waals surface area contributed by atoms with Crippen LogP contribution in [0, 0.1) is 10.1 Å². The fraction of sp³-hybridized carbons (Fsp3) is 0.0667. The molecular weight excluding hydrogens is 358 g/mol. The lowest BCUT2D eigenvalue weighted by molar-refractivity contribution is -0.400. The molecule has 0 radical (unpaired) electrons. The normalized spacial score (nSPS) is 10.8. The molecule has 0 aliphatic carbocycles. The van der Waals surface area contributed by atoms with Gasteiger partial charge in [-0.15, -0.1) is 0 Å². The summed E-state index contributed by atoms with van der Waals surface area (Å²) in [6, 6.07) is 12.7. The SMILES string of the molecule is O=[N+]([O-])/C=C/c1cc(Br)ccc1OCc1ccc(Cl)cc1. The molecule has 0 atom stereocenters. The summed E-state index contributed by atoms with van der Waals surface area (Å²) in [7, 11) is 0. The molecule has 2 rings (SSSR count). The molecule has 0 aliphatic rings. The largest absolute Gasteiger partial charge is 0.488 e. The van der Waals surface area contributed by atoms with Crippen molar-refractivity contribution in [3.8, 4) is 5.75 Å². The Morgan fingerprint density at radius 1 is 1.24 bits per heavy atom. The maximum absolute atomic E-state index is 10.4. The Morgan fingerprint density at radius 3 is 2.62 bits per heavy atom. The number of nitro groups is 1. The van der Waals surface area contributed by atoms with Gasteiger partial charge in [0.1, 0.15) is 12.4 Å². The van der Waals surface area contributed by atoms with Crippen molar-refractivity contribution in [1.29, 1.82) is 0 Å². The number of hydrogen-bond donors (Lipinski definition) is 0. The van der Waals surface area contributed by atoms with E-state index >= 15 is 0 Å². The topological polar surface area (TPSA) is 52.4 Å². The predicted molar refractivity (Wildman–Crippen MR) is 86.0 cm³/mol.